The first-order valence-corrected chi connectivity index (χ1v) is 2.10. The number of hydrogen-bond acceptors (Lipinski definition) is 3. The molecule has 0 aromatic carbocycles. The molecular weight excluding hydrogens is 138 g/mol. The number of hydrogen-bond donors (Lipinski definition) is 3. The topological polar surface area (TPSA) is 141 Å². The number of rotatable bonds is 0. The molecule has 0 saturated heterocycles. The second-order valence-electron chi connectivity index (χ2n) is 0.448. The Balaban J connectivity index is -0.0000000267. The van der Waals surface area contributed by atoms with Crippen LogP contribution in [-0.4, -0.2) is 23.0 Å². The molecule has 0 rings (SSSR count). The fourth-order valence-electron chi connectivity index (χ4n) is 0. The van der Waals surface area contributed by atoms with Crippen LogP contribution in [0.5, 0.6) is 0 Å². The minimum atomic E-state index is -4.67. The highest BCUT2D eigenvalue weighted by atomic mass is 32.3. The van der Waals surface area contributed by atoms with Crippen LogP contribution in [0.2, 0.25) is 0 Å². The first-order chi connectivity index (χ1) is 2.00. The van der Waals surface area contributed by atoms with Crippen LogP contribution in [0.25, 0.3) is 0 Å². The van der Waals surface area contributed by atoms with Crippen molar-refractivity contribution in [2.75, 3.05) is 0 Å². The van der Waals surface area contributed by atoms with E-state index in [0.29, 0.717) is 0 Å². The van der Waals surface area contributed by atoms with E-state index in [-0.39, 0.29) is 19.1 Å². The molecule has 8 heavy (non-hydrogen) atoms. The lowest BCUT2D eigenvalue weighted by atomic mass is 12.0. The minimum absolute atomic E-state index is 0. The SMILES string of the molecule is C.N.O.O=S(=O)(O)O. The van der Waals surface area contributed by atoms with E-state index >= 15 is 0 Å². The zero-order chi connectivity index (χ0) is 4.50. The second kappa shape index (κ2) is 6.79. The molecule has 6 nitrogen and oxygen atoms in total. The molecule has 0 aliphatic carbocycles. The molecule has 0 amide bonds. The van der Waals surface area contributed by atoms with E-state index in [2.05, 4.69) is 0 Å². The van der Waals surface area contributed by atoms with E-state index in [4.69, 9.17) is 17.5 Å². The van der Waals surface area contributed by atoms with E-state index in [9.17, 15) is 0 Å². The van der Waals surface area contributed by atoms with Crippen LogP contribution in [-0.2, 0) is 10.4 Å². The lowest BCUT2D eigenvalue weighted by Gasteiger charge is -1.68. The molecule has 0 unspecified atom stereocenters. The molecule has 0 saturated carbocycles. The van der Waals surface area contributed by atoms with Crippen LogP contribution in [0.1, 0.15) is 7.43 Å². The Morgan fingerprint density at radius 3 is 1.12 bits per heavy atom. The molecule has 0 spiro atoms. The predicted molar refractivity (Wildman–Crippen MR) is 29.5 cm³/mol. The summed E-state index contributed by atoms with van der Waals surface area (Å²) < 4.78 is 31.6. The van der Waals surface area contributed by atoms with Crippen LogP contribution in [0.3, 0.4) is 0 Å². The van der Waals surface area contributed by atoms with Crippen molar-refractivity contribution < 1.29 is 23.0 Å². The molecule has 0 radical (unpaired) electrons. The van der Waals surface area contributed by atoms with Crippen molar-refractivity contribution in [2.24, 2.45) is 0 Å². The molecule has 0 aromatic heterocycles. The molecule has 0 atom stereocenters. The third kappa shape index (κ3) is 3010. The summed E-state index contributed by atoms with van der Waals surface area (Å²) in [6.07, 6.45) is 0. The fraction of sp³-hybridized carbons (Fsp3) is 1.00. The van der Waals surface area contributed by atoms with E-state index in [1.165, 1.54) is 0 Å². The van der Waals surface area contributed by atoms with Gasteiger partial charge in [0.25, 0.3) is 0 Å². The Kier molecular flexibility index (Phi) is 21.2. The third-order valence-electron chi connectivity index (χ3n) is 0. The summed E-state index contributed by atoms with van der Waals surface area (Å²) in [6, 6.07) is 0. The van der Waals surface area contributed by atoms with Gasteiger partial charge in [0.2, 0.25) is 0 Å². The molecule has 0 fully saturated rings. The predicted octanol–water partition coefficient (Wildman–Crippen LogP) is -0.679. The van der Waals surface area contributed by atoms with E-state index in [1.807, 2.05) is 0 Å². The summed E-state index contributed by atoms with van der Waals surface area (Å²) in [5, 5.41) is 0. The first kappa shape index (κ1) is 25.0. The van der Waals surface area contributed by atoms with Crippen molar-refractivity contribution in [3.63, 3.8) is 0 Å². The summed E-state index contributed by atoms with van der Waals surface area (Å²) in [6.45, 7) is 0. The molecule has 0 aliphatic heterocycles. The first-order valence-electron chi connectivity index (χ1n) is 0.698. The Morgan fingerprint density at radius 2 is 1.12 bits per heavy atom. The van der Waals surface area contributed by atoms with Crippen LogP contribution >= 0.6 is 0 Å². The molecule has 0 aliphatic rings. The van der Waals surface area contributed by atoms with Crippen molar-refractivity contribution >= 4 is 10.4 Å². The average Bonchev–Trinajstić information content (AvgIpc) is 0.722. The standard InChI is InChI=1S/CH4.H3N.H2O4S.H2O/c;;1-5(2,3)4;/h1H4;1H3;(H2,1,2,3,4);1H2. The van der Waals surface area contributed by atoms with Gasteiger partial charge in [0, 0.05) is 0 Å². The summed E-state index contributed by atoms with van der Waals surface area (Å²) in [4.78, 5) is 0. The smallest absolute Gasteiger partial charge is 0.394 e. The van der Waals surface area contributed by atoms with Gasteiger partial charge in [-0.1, -0.05) is 7.43 Å². The average molecular weight is 149 g/mol. The molecule has 0 bridgehead atoms. The van der Waals surface area contributed by atoms with Crippen LogP contribution in [0, 0.1) is 0 Å². The fourth-order valence-corrected chi connectivity index (χ4v) is 0. The summed E-state index contributed by atoms with van der Waals surface area (Å²) >= 11 is 0. The van der Waals surface area contributed by atoms with Crippen molar-refractivity contribution in [3.05, 3.63) is 0 Å². The van der Waals surface area contributed by atoms with E-state index in [1.54, 1.807) is 0 Å². The van der Waals surface area contributed by atoms with Gasteiger partial charge in [-0.25, -0.2) is 0 Å². The van der Waals surface area contributed by atoms with Gasteiger partial charge in [-0.2, -0.15) is 8.42 Å². The molecule has 7 N–H and O–H groups in total. The van der Waals surface area contributed by atoms with Gasteiger partial charge in [-0.3, -0.25) is 9.11 Å². The van der Waals surface area contributed by atoms with Gasteiger partial charge in [0.15, 0.2) is 0 Å². The van der Waals surface area contributed by atoms with Crippen molar-refractivity contribution in [3.8, 4) is 0 Å². The lowest BCUT2D eigenvalue weighted by Crippen LogP contribution is -1.89. The monoisotopic (exact) mass is 149 g/mol. The van der Waals surface area contributed by atoms with E-state index in [0.717, 1.165) is 0 Å². The highest BCUT2D eigenvalue weighted by Gasteiger charge is 1.84. The van der Waals surface area contributed by atoms with Gasteiger partial charge in [-0.15, -0.1) is 0 Å². The van der Waals surface area contributed by atoms with Gasteiger partial charge in [0.1, 0.15) is 0 Å². The quantitative estimate of drug-likeness (QED) is 0.391. The Bertz CT molecular complexity index is 95.6. The maximum absolute atomic E-state index is 8.74. The summed E-state index contributed by atoms with van der Waals surface area (Å²) in [5.74, 6) is 0. The Hall–Kier alpha value is -0.210. The van der Waals surface area contributed by atoms with Crippen molar-refractivity contribution in [1.29, 1.82) is 0 Å². The Labute approximate surface area is 48.0 Å². The molecule has 56 valence electrons. The van der Waals surface area contributed by atoms with Gasteiger partial charge >= 0.3 is 10.4 Å². The molecule has 7 heteroatoms. The van der Waals surface area contributed by atoms with Crippen LogP contribution in [0.4, 0.5) is 0 Å². The molecule has 0 aromatic rings. The zero-order valence-corrected chi connectivity index (χ0v) is 4.14. The molecular formula is CH11NO5S. The summed E-state index contributed by atoms with van der Waals surface area (Å²) in [7, 11) is -4.67. The van der Waals surface area contributed by atoms with E-state index < -0.39 is 10.4 Å². The second-order valence-corrected chi connectivity index (χ2v) is 1.34. The maximum Gasteiger partial charge on any atom is 0.394 e. The minimum Gasteiger partial charge on any atom is -0.412 e. The third-order valence-corrected chi connectivity index (χ3v) is 0. The van der Waals surface area contributed by atoms with Gasteiger partial charge in [0.05, 0.1) is 0 Å². The Morgan fingerprint density at radius 1 is 1.12 bits per heavy atom. The molecule has 0 heterocycles. The highest BCUT2D eigenvalue weighted by Crippen LogP contribution is 1.59. The highest BCUT2D eigenvalue weighted by molar-refractivity contribution is 7.79. The van der Waals surface area contributed by atoms with Crippen molar-refractivity contribution in [1.82, 2.24) is 6.15 Å². The van der Waals surface area contributed by atoms with Crippen LogP contribution < -0.4 is 6.15 Å². The zero-order valence-electron chi connectivity index (χ0n) is 3.33. The maximum atomic E-state index is 8.74. The van der Waals surface area contributed by atoms with Gasteiger partial charge < -0.3 is 11.6 Å². The summed E-state index contributed by atoms with van der Waals surface area (Å²) in [5.41, 5.74) is 0. The van der Waals surface area contributed by atoms with Crippen LogP contribution in [0.15, 0.2) is 0 Å². The lowest BCUT2D eigenvalue weighted by molar-refractivity contribution is 0.381. The van der Waals surface area contributed by atoms with Crippen molar-refractivity contribution in [2.45, 2.75) is 7.43 Å². The normalized spacial score (nSPS) is 7.25. The van der Waals surface area contributed by atoms with Gasteiger partial charge in [-0.05, 0) is 0 Å². The largest absolute Gasteiger partial charge is 0.412 e.